The minimum atomic E-state index is -0.825. The van der Waals surface area contributed by atoms with Gasteiger partial charge in [0, 0.05) is 18.9 Å². The zero-order valence-electron chi connectivity index (χ0n) is 9.00. The van der Waals surface area contributed by atoms with Crippen molar-refractivity contribution < 1.29 is 9.90 Å². The molecule has 0 aliphatic carbocycles. The molecule has 0 aliphatic heterocycles. The molecule has 84 valence electrons. The Labute approximate surface area is 94.6 Å². The van der Waals surface area contributed by atoms with Crippen LogP contribution >= 0.6 is 15.9 Å². The first-order valence-electron chi connectivity index (χ1n) is 5.12. The first kappa shape index (κ1) is 13.9. The second-order valence-corrected chi connectivity index (χ2v) is 4.25. The van der Waals surface area contributed by atoms with E-state index in [2.05, 4.69) is 22.9 Å². The predicted molar refractivity (Wildman–Crippen MR) is 61.6 cm³/mol. The average Bonchev–Trinajstić information content (AvgIpc) is 2.21. The van der Waals surface area contributed by atoms with E-state index in [0.717, 1.165) is 31.1 Å². The van der Waals surface area contributed by atoms with Crippen molar-refractivity contribution in [2.24, 2.45) is 0 Å². The highest BCUT2D eigenvalue weighted by atomic mass is 79.9. The Bertz CT molecular complexity index is 148. The predicted octanol–water partition coefficient (Wildman–Crippen LogP) is 1.78. The maximum atomic E-state index is 11.5. The first-order valence-corrected chi connectivity index (χ1v) is 6.24. The molecule has 0 saturated heterocycles. The Hall–Kier alpha value is -0.0900. The van der Waals surface area contributed by atoms with Gasteiger partial charge in [0.2, 0.25) is 0 Å². The average molecular weight is 266 g/mol. The summed E-state index contributed by atoms with van der Waals surface area (Å²) < 4.78 is 0. The van der Waals surface area contributed by atoms with Gasteiger partial charge in [-0.1, -0.05) is 29.3 Å². The molecule has 1 atom stereocenters. The largest absolute Gasteiger partial charge is 0.383 e. The molecule has 3 nitrogen and oxygen atoms in total. The molecular formula is C10H20BrNO2. The monoisotopic (exact) mass is 265 g/mol. The van der Waals surface area contributed by atoms with E-state index in [1.165, 1.54) is 0 Å². The van der Waals surface area contributed by atoms with Gasteiger partial charge in [-0.25, -0.2) is 0 Å². The molecule has 0 radical (unpaired) electrons. The SMILES string of the molecule is CCCCN(C)C(=O)C(O)CCCBr. The van der Waals surface area contributed by atoms with E-state index in [4.69, 9.17) is 0 Å². The fourth-order valence-corrected chi connectivity index (χ4v) is 1.48. The maximum Gasteiger partial charge on any atom is 0.251 e. The summed E-state index contributed by atoms with van der Waals surface area (Å²) in [4.78, 5) is 13.1. The van der Waals surface area contributed by atoms with Crippen molar-refractivity contribution in [3.8, 4) is 0 Å². The van der Waals surface area contributed by atoms with E-state index in [-0.39, 0.29) is 5.91 Å². The Morgan fingerprint density at radius 2 is 2.14 bits per heavy atom. The summed E-state index contributed by atoms with van der Waals surface area (Å²) in [6.07, 6.45) is 2.60. The van der Waals surface area contributed by atoms with Gasteiger partial charge < -0.3 is 10.0 Å². The van der Waals surface area contributed by atoms with E-state index in [9.17, 15) is 9.90 Å². The highest BCUT2D eigenvalue weighted by molar-refractivity contribution is 9.09. The molecule has 0 aliphatic rings. The molecule has 14 heavy (non-hydrogen) atoms. The summed E-state index contributed by atoms with van der Waals surface area (Å²) in [5.41, 5.74) is 0. The lowest BCUT2D eigenvalue weighted by atomic mass is 10.2. The summed E-state index contributed by atoms with van der Waals surface area (Å²) in [5.74, 6) is -0.153. The summed E-state index contributed by atoms with van der Waals surface area (Å²) >= 11 is 3.27. The zero-order valence-corrected chi connectivity index (χ0v) is 10.6. The molecule has 0 aromatic rings. The van der Waals surface area contributed by atoms with Crippen LogP contribution < -0.4 is 0 Å². The van der Waals surface area contributed by atoms with Crippen molar-refractivity contribution in [3.63, 3.8) is 0 Å². The molecule has 0 bridgehead atoms. The molecular weight excluding hydrogens is 246 g/mol. The number of amides is 1. The topological polar surface area (TPSA) is 40.5 Å². The third-order valence-electron chi connectivity index (χ3n) is 2.12. The molecule has 1 amide bonds. The van der Waals surface area contributed by atoms with E-state index in [0.29, 0.717) is 6.42 Å². The van der Waals surface area contributed by atoms with Crippen LogP contribution in [0.15, 0.2) is 0 Å². The van der Waals surface area contributed by atoms with Crippen molar-refractivity contribution in [3.05, 3.63) is 0 Å². The number of hydrogen-bond acceptors (Lipinski definition) is 2. The van der Waals surface area contributed by atoms with Gasteiger partial charge >= 0.3 is 0 Å². The fraction of sp³-hybridized carbons (Fsp3) is 0.900. The minimum Gasteiger partial charge on any atom is -0.383 e. The zero-order chi connectivity index (χ0) is 11.0. The van der Waals surface area contributed by atoms with E-state index >= 15 is 0 Å². The Kier molecular flexibility index (Phi) is 8.18. The Morgan fingerprint density at radius 3 is 2.64 bits per heavy atom. The Morgan fingerprint density at radius 1 is 1.50 bits per heavy atom. The molecule has 0 fully saturated rings. The molecule has 4 heteroatoms. The van der Waals surface area contributed by atoms with Crippen LogP contribution in [-0.4, -0.2) is 40.9 Å². The van der Waals surface area contributed by atoms with Crippen LogP contribution in [0.5, 0.6) is 0 Å². The van der Waals surface area contributed by atoms with Gasteiger partial charge in [0.05, 0.1) is 0 Å². The van der Waals surface area contributed by atoms with Crippen molar-refractivity contribution >= 4 is 21.8 Å². The van der Waals surface area contributed by atoms with E-state index in [1.807, 2.05) is 0 Å². The van der Waals surface area contributed by atoms with Gasteiger partial charge in [0.25, 0.3) is 5.91 Å². The van der Waals surface area contributed by atoms with Crippen molar-refractivity contribution in [2.45, 2.75) is 38.7 Å². The van der Waals surface area contributed by atoms with Gasteiger partial charge in [-0.05, 0) is 19.3 Å². The van der Waals surface area contributed by atoms with Gasteiger partial charge in [-0.15, -0.1) is 0 Å². The van der Waals surface area contributed by atoms with Gasteiger partial charge in [0.15, 0.2) is 0 Å². The summed E-state index contributed by atoms with van der Waals surface area (Å²) in [6.45, 7) is 2.82. The minimum absolute atomic E-state index is 0.153. The van der Waals surface area contributed by atoms with Crippen LogP contribution in [0.25, 0.3) is 0 Å². The lowest BCUT2D eigenvalue weighted by Gasteiger charge is -2.20. The summed E-state index contributed by atoms with van der Waals surface area (Å²) in [7, 11) is 1.75. The van der Waals surface area contributed by atoms with Crippen LogP contribution in [0.1, 0.15) is 32.6 Å². The molecule has 0 aromatic carbocycles. The molecule has 0 aromatic heterocycles. The highest BCUT2D eigenvalue weighted by Gasteiger charge is 2.17. The summed E-state index contributed by atoms with van der Waals surface area (Å²) in [5, 5.41) is 10.3. The number of unbranched alkanes of at least 4 members (excludes halogenated alkanes) is 1. The number of aliphatic hydroxyl groups excluding tert-OH is 1. The van der Waals surface area contributed by atoms with E-state index in [1.54, 1.807) is 11.9 Å². The highest BCUT2D eigenvalue weighted by Crippen LogP contribution is 2.04. The Balaban J connectivity index is 3.78. The molecule has 1 unspecified atom stereocenters. The quantitative estimate of drug-likeness (QED) is 0.713. The fourth-order valence-electron chi connectivity index (χ4n) is 1.15. The molecule has 1 N–H and O–H groups in total. The van der Waals surface area contributed by atoms with Gasteiger partial charge in [-0.2, -0.15) is 0 Å². The van der Waals surface area contributed by atoms with Crippen molar-refractivity contribution in [1.82, 2.24) is 4.90 Å². The lowest BCUT2D eigenvalue weighted by Crippen LogP contribution is -2.36. The summed E-state index contributed by atoms with van der Waals surface area (Å²) in [6, 6.07) is 0. The number of hydrogen-bond donors (Lipinski definition) is 1. The normalized spacial score (nSPS) is 12.6. The second-order valence-electron chi connectivity index (χ2n) is 3.46. The number of likely N-dealkylation sites (N-methyl/N-ethyl adjacent to an activating group) is 1. The number of halogens is 1. The van der Waals surface area contributed by atoms with Gasteiger partial charge in [0.1, 0.15) is 6.10 Å². The number of rotatable bonds is 7. The molecule has 0 heterocycles. The molecule has 0 spiro atoms. The van der Waals surface area contributed by atoms with Crippen LogP contribution in [0.4, 0.5) is 0 Å². The molecule has 0 rings (SSSR count). The standard InChI is InChI=1S/C10H20BrNO2/c1-3-4-8-12(2)10(14)9(13)6-5-7-11/h9,13H,3-8H2,1-2H3. The third-order valence-corrected chi connectivity index (χ3v) is 2.68. The van der Waals surface area contributed by atoms with E-state index < -0.39 is 6.10 Å². The third kappa shape index (κ3) is 5.60. The number of carbonyl (C=O) groups is 1. The number of aliphatic hydroxyl groups is 1. The van der Waals surface area contributed by atoms with Crippen LogP contribution in [0.2, 0.25) is 0 Å². The van der Waals surface area contributed by atoms with Crippen molar-refractivity contribution in [1.29, 1.82) is 0 Å². The number of nitrogens with zero attached hydrogens (tertiary/aromatic N) is 1. The molecule has 0 saturated carbocycles. The van der Waals surface area contributed by atoms with Crippen LogP contribution in [0.3, 0.4) is 0 Å². The lowest BCUT2D eigenvalue weighted by molar-refractivity contribution is -0.139. The van der Waals surface area contributed by atoms with Crippen LogP contribution in [-0.2, 0) is 4.79 Å². The number of alkyl halides is 1. The second kappa shape index (κ2) is 8.24. The smallest absolute Gasteiger partial charge is 0.251 e. The number of carbonyl (C=O) groups excluding carboxylic acids is 1. The van der Waals surface area contributed by atoms with Crippen molar-refractivity contribution in [2.75, 3.05) is 18.9 Å². The van der Waals surface area contributed by atoms with Gasteiger partial charge in [-0.3, -0.25) is 4.79 Å². The maximum absolute atomic E-state index is 11.5. The van der Waals surface area contributed by atoms with Crippen LogP contribution in [0, 0.1) is 0 Å². The first-order chi connectivity index (χ1) is 6.63.